The van der Waals surface area contributed by atoms with Gasteiger partial charge in [0.25, 0.3) is 0 Å². The number of hydrogen-bond acceptors (Lipinski definition) is 2. The summed E-state index contributed by atoms with van der Waals surface area (Å²) in [6.45, 7) is 3.27. The van der Waals surface area contributed by atoms with Crippen molar-refractivity contribution < 1.29 is 9.90 Å². The van der Waals surface area contributed by atoms with Crippen molar-refractivity contribution in [1.82, 2.24) is 5.32 Å². The summed E-state index contributed by atoms with van der Waals surface area (Å²) in [5.74, 6) is -0.159. The molecule has 1 aromatic carbocycles. The molecule has 0 saturated heterocycles. The number of hydrogen-bond donors (Lipinski definition) is 2. The third-order valence-corrected chi connectivity index (χ3v) is 2.04. The zero-order valence-electron chi connectivity index (χ0n) is 8.65. The zero-order valence-corrected chi connectivity index (χ0v) is 8.65. The van der Waals surface area contributed by atoms with Gasteiger partial charge in [0.05, 0.1) is 0 Å². The lowest BCUT2D eigenvalue weighted by molar-refractivity contribution is -0.123. The van der Waals surface area contributed by atoms with E-state index in [0.717, 1.165) is 12.8 Å². The second kappa shape index (κ2) is 6.19. The molecule has 1 radical (unpaired) electrons. The topological polar surface area (TPSA) is 49.3 Å². The Hall–Kier alpha value is -1.35. The van der Waals surface area contributed by atoms with Gasteiger partial charge in [-0.3, -0.25) is 4.79 Å². The molecule has 81 valence electrons. The fraction of sp³-hybridized carbons (Fsp3) is 0.333. The summed E-state index contributed by atoms with van der Waals surface area (Å²) in [7, 11) is 0. The average molecular weight is 206 g/mol. The summed E-state index contributed by atoms with van der Waals surface area (Å²) < 4.78 is 0. The van der Waals surface area contributed by atoms with E-state index >= 15 is 0 Å². The molecule has 0 fully saturated rings. The fourth-order valence-corrected chi connectivity index (χ4v) is 1.36. The van der Waals surface area contributed by atoms with Gasteiger partial charge in [0, 0.05) is 6.42 Å². The number of aliphatic hydroxyl groups is 1. The molecular formula is C12H16NO2. The number of carbonyl (C=O) groups is 1. The minimum Gasteiger partial charge on any atom is -0.374 e. The van der Waals surface area contributed by atoms with Crippen LogP contribution in [0.1, 0.15) is 18.4 Å². The van der Waals surface area contributed by atoms with E-state index in [9.17, 15) is 4.79 Å². The highest BCUT2D eigenvalue weighted by molar-refractivity contribution is 5.76. The zero-order chi connectivity index (χ0) is 11.1. The molecule has 0 aliphatic carbocycles. The number of benzene rings is 1. The molecular weight excluding hydrogens is 190 g/mol. The van der Waals surface area contributed by atoms with Gasteiger partial charge in [-0.1, -0.05) is 30.3 Å². The monoisotopic (exact) mass is 206 g/mol. The molecule has 0 saturated carbocycles. The SMILES string of the molecule is [CH2]C(O)NC(=O)CCCc1ccccc1. The van der Waals surface area contributed by atoms with E-state index in [4.69, 9.17) is 5.11 Å². The summed E-state index contributed by atoms with van der Waals surface area (Å²) in [4.78, 5) is 11.1. The Bertz CT molecular complexity index is 296. The predicted molar refractivity (Wildman–Crippen MR) is 58.9 cm³/mol. The van der Waals surface area contributed by atoms with Crippen LogP contribution in [-0.2, 0) is 11.2 Å². The quantitative estimate of drug-likeness (QED) is 0.713. The van der Waals surface area contributed by atoms with E-state index in [1.54, 1.807) is 0 Å². The van der Waals surface area contributed by atoms with Crippen molar-refractivity contribution in [3.05, 3.63) is 42.8 Å². The molecule has 0 aliphatic heterocycles. The lowest BCUT2D eigenvalue weighted by Crippen LogP contribution is -2.32. The summed E-state index contributed by atoms with van der Waals surface area (Å²) in [6.07, 6.45) is 1.07. The maximum atomic E-state index is 11.1. The molecule has 1 atom stereocenters. The molecule has 0 heterocycles. The van der Waals surface area contributed by atoms with Crippen molar-refractivity contribution in [3.8, 4) is 0 Å². The van der Waals surface area contributed by atoms with E-state index in [2.05, 4.69) is 12.2 Å². The molecule has 0 aromatic heterocycles. The highest BCUT2D eigenvalue weighted by Crippen LogP contribution is 2.04. The largest absolute Gasteiger partial charge is 0.374 e. The summed E-state index contributed by atoms with van der Waals surface area (Å²) in [5.41, 5.74) is 1.22. The van der Waals surface area contributed by atoms with Crippen LogP contribution in [0.5, 0.6) is 0 Å². The van der Waals surface area contributed by atoms with Crippen molar-refractivity contribution in [2.24, 2.45) is 0 Å². The van der Waals surface area contributed by atoms with Crippen LogP contribution in [0.3, 0.4) is 0 Å². The standard InChI is InChI=1S/C12H16NO2/c1-10(14)13-12(15)9-5-8-11-6-3-2-4-7-11/h2-4,6-7,10,14H,1,5,8-9H2,(H,13,15). The third-order valence-electron chi connectivity index (χ3n) is 2.04. The van der Waals surface area contributed by atoms with Gasteiger partial charge in [0.2, 0.25) is 5.91 Å². The maximum Gasteiger partial charge on any atom is 0.221 e. The second-order valence-electron chi connectivity index (χ2n) is 3.42. The number of nitrogens with one attached hydrogen (secondary N) is 1. The first-order valence-corrected chi connectivity index (χ1v) is 5.03. The Balaban J connectivity index is 2.19. The van der Waals surface area contributed by atoms with E-state index in [1.165, 1.54) is 5.56 Å². The Morgan fingerprint density at radius 3 is 2.67 bits per heavy atom. The molecule has 1 rings (SSSR count). The first-order valence-electron chi connectivity index (χ1n) is 5.03. The normalized spacial score (nSPS) is 12.1. The summed E-state index contributed by atoms with van der Waals surface area (Å²) in [5, 5.41) is 11.1. The Kier molecular flexibility index (Phi) is 4.84. The van der Waals surface area contributed by atoms with Gasteiger partial charge in [-0.15, -0.1) is 0 Å². The van der Waals surface area contributed by atoms with Crippen LogP contribution in [0, 0.1) is 6.92 Å². The van der Waals surface area contributed by atoms with E-state index in [-0.39, 0.29) is 5.91 Å². The van der Waals surface area contributed by atoms with Gasteiger partial charge in [-0.05, 0) is 25.3 Å². The molecule has 0 bridgehead atoms. The van der Waals surface area contributed by atoms with Crippen LogP contribution >= 0.6 is 0 Å². The molecule has 0 aliphatic rings. The van der Waals surface area contributed by atoms with E-state index in [1.807, 2.05) is 30.3 Å². The maximum absolute atomic E-state index is 11.1. The first-order chi connectivity index (χ1) is 7.18. The molecule has 0 spiro atoms. The van der Waals surface area contributed by atoms with Crippen LogP contribution in [0.25, 0.3) is 0 Å². The summed E-state index contributed by atoms with van der Waals surface area (Å²) >= 11 is 0. The van der Waals surface area contributed by atoms with Crippen molar-refractivity contribution in [2.75, 3.05) is 0 Å². The van der Waals surface area contributed by atoms with Crippen molar-refractivity contribution >= 4 is 5.91 Å². The van der Waals surface area contributed by atoms with Gasteiger partial charge in [-0.25, -0.2) is 0 Å². The molecule has 3 heteroatoms. The van der Waals surface area contributed by atoms with E-state index < -0.39 is 6.23 Å². The number of rotatable bonds is 5. The van der Waals surface area contributed by atoms with Crippen LogP contribution in [0.2, 0.25) is 0 Å². The van der Waals surface area contributed by atoms with Gasteiger partial charge in [-0.2, -0.15) is 0 Å². The number of aliphatic hydroxyl groups excluding tert-OH is 1. The number of amides is 1. The first kappa shape index (κ1) is 11.7. The Morgan fingerprint density at radius 2 is 2.07 bits per heavy atom. The van der Waals surface area contributed by atoms with Gasteiger partial charge >= 0.3 is 0 Å². The highest BCUT2D eigenvalue weighted by atomic mass is 16.3. The lowest BCUT2D eigenvalue weighted by atomic mass is 10.1. The molecule has 15 heavy (non-hydrogen) atoms. The van der Waals surface area contributed by atoms with Gasteiger partial charge in [0.1, 0.15) is 6.23 Å². The van der Waals surface area contributed by atoms with Gasteiger partial charge in [0.15, 0.2) is 0 Å². The molecule has 1 unspecified atom stereocenters. The Labute approximate surface area is 90.1 Å². The lowest BCUT2D eigenvalue weighted by Gasteiger charge is -2.06. The number of aryl methyl sites for hydroxylation is 1. The van der Waals surface area contributed by atoms with Crippen LogP contribution in [0.4, 0.5) is 0 Å². The summed E-state index contributed by atoms with van der Waals surface area (Å²) in [6, 6.07) is 10.0. The minimum absolute atomic E-state index is 0.159. The van der Waals surface area contributed by atoms with Crippen LogP contribution < -0.4 is 5.32 Å². The van der Waals surface area contributed by atoms with Crippen LogP contribution in [0.15, 0.2) is 30.3 Å². The molecule has 1 amide bonds. The van der Waals surface area contributed by atoms with Crippen LogP contribution in [-0.4, -0.2) is 17.2 Å². The van der Waals surface area contributed by atoms with Crippen molar-refractivity contribution in [1.29, 1.82) is 0 Å². The predicted octanol–water partition coefficient (Wildman–Crippen LogP) is 1.28. The van der Waals surface area contributed by atoms with Crippen molar-refractivity contribution in [3.63, 3.8) is 0 Å². The molecule has 3 nitrogen and oxygen atoms in total. The minimum atomic E-state index is -1.01. The molecule has 1 aromatic rings. The van der Waals surface area contributed by atoms with Gasteiger partial charge < -0.3 is 10.4 Å². The fourth-order valence-electron chi connectivity index (χ4n) is 1.36. The average Bonchev–Trinajstić information content (AvgIpc) is 2.18. The third kappa shape index (κ3) is 5.18. The smallest absolute Gasteiger partial charge is 0.221 e. The second-order valence-corrected chi connectivity index (χ2v) is 3.42. The van der Waals surface area contributed by atoms with E-state index in [0.29, 0.717) is 6.42 Å². The van der Waals surface area contributed by atoms with Crippen molar-refractivity contribution in [2.45, 2.75) is 25.5 Å². The Morgan fingerprint density at radius 1 is 1.40 bits per heavy atom. The molecule has 2 N–H and O–H groups in total. The highest BCUT2D eigenvalue weighted by Gasteiger charge is 2.03. The number of carbonyl (C=O) groups excluding carboxylic acids is 1.